The molecule has 0 radical (unpaired) electrons. The highest BCUT2D eigenvalue weighted by Crippen LogP contribution is 2.29. The summed E-state index contributed by atoms with van der Waals surface area (Å²) < 4.78 is 38.5. The molecule has 0 bridgehead atoms. The number of hydrogen-bond donors (Lipinski definition) is 0. The zero-order valence-electron chi connectivity index (χ0n) is 10.3. The summed E-state index contributed by atoms with van der Waals surface area (Å²) in [4.78, 5) is 7.27. The summed E-state index contributed by atoms with van der Waals surface area (Å²) in [7, 11) is 0. The van der Waals surface area contributed by atoms with Crippen LogP contribution in [-0.4, -0.2) is 9.97 Å². The Morgan fingerprint density at radius 1 is 1.20 bits per heavy atom. The maximum absolute atomic E-state index is 12.6. The molecule has 4 nitrogen and oxygen atoms in total. The third-order valence-corrected chi connectivity index (χ3v) is 3.32. The van der Waals surface area contributed by atoms with E-state index in [0.717, 1.165) is 30.7 Å². The van der Waals surface area contributed by atoms with E-state index in [4.69, 9.17) is 0 Å². The zero-order valence-corrected chi connectivity index (χ0v) is 10.3. The van der Waals surface area contributed by atoms with E-state index >= 15 is 0 Å². The van der Waals surface area contributed by atoms with Gasteiger partial charge in [0.05, 0.1) is 5.56 Å². The summed E-state index contributed by atoms with van der Waals surface area (Å²) in [5.41, 5.74) is 0.559. The Kier molecular flexibility index (Phi) is 2.84. The molecule has 0 unspecified atom stereocenters. The lowest BCUT2D eigenvalue weighted by molar-refractivity contribution is -0.605. The van der Waals surface area contributed by atoms with Gasteiger partial charge in [-0.25, -0.2) is 4.73 Å². The van der Waals surface area contributed by atoms with Gasteiger partial charge in [-0.2, -0.15) is 13.2 Å². The molecule has 0 aliphatic heterocycles. The fourth-order valence-corrected chi connectivity index (χ4v) is 2.36. The quantitative estimate of drug-likeness (QED) is 0.595. The molecule has 2 heterocycles. The number of aromatic nitrogens is 3. The van der Waals surface area contributed by atoms with Crippen molar-refractivity contribution in [1.29, 1.82) is 0 Å². The van der Waals surface area contributed by atoms with E-state index in [1.165, 1.54) is 6.07 Å². The first-order valence-electron chi connectivity index (χ1n) is 6.11. The molecule has 0 saturated heterocycles. The molecule has 0 spiro atoms. The highest BCUT2D eigenvalue weighted by molar-refractivity contribution is 5.52. The Labute approximate surface area is 112 Å². The lowest BCUT2D eigenvalue weighted by Gasteiger charge is -2.11. The smallest absolute Gasteiger partial charge is 0.433 e. The Morgan fingerprint density at radius 3 is 2.75 bits per heavy atom. The first-order chi connectivity index (χ1) is 9.47. The van der Waals surface area contributed by atoms with Crippen molar-refractivity contribution in [3.63, 3.8) is 0 Å². The van der Waals surface area contributed by atoms with Crippen LogP contribution in [0.25, 0.3) is 11.4 Å². The van der Waals surface area contributed by atoms with E-state index in [2.05, 4.69) is 9.97 Å². The molecule has 20 heavy (non-hydrogen) atoms. The lowest BCUT2D eigenvalue weighted by Crippen LogP contribution is -2.35. The SMILES string of the molecule is [O-][n+]1c(-c2ccnc(C(F)(F)F)c2)ncc2c1CCC2. The number of hydrogen-bond acceptors (Lipinski definition) is 3. The molecule has 104 valence electrons. The summed E-state index contributed by atoms with van der Waals surface area (Å²) in [6, 6.07) is 2.20. The van der Waals surface area contributed by atoms with Gasteiger partial charge in [0.1, 0.15) is 17.6 Å². The molecule has 0 saturated carbocycles. The molecular formula is C13H10F3N3O. The van der Waals surface area contributed by atoms with E-state index in [1.807, 2.05) is 0 Å². The minimum absolute atomic E-state index is 0.0152. The van der Waals surface area contributed by atoms with Crippen LogP contribution in [0.4, 0.5) is 13.2 Å². The highest BCUT2D eigenvalue weighted by Gasteiger charge is 2.33. The average Bonchev–Trinajstić information content (AvgIpc) is 2.87. The van der Waals surface area contributed by atoms with E-state index < -0.39 is 11.9 Å². The Balaban J connectivity index is 2.10. The standard InChI is InChI=1S/C13H10F3N3O/c14-13(15,16)11-6-8(4-5-17-11)12-18-7-9-2-1-3-10(9)19(12)20/h4-7H,1-3H2. The summed E-state index contributed by atoms with van der Waals surface area (Å²) >= 11 is 0. The van der Waals surface area contributed by atoms with Gasteiger partial charge in [0, 0.05) is 18.2 Å². The van der Waals surface area contributed by atoms with Crippen LogP contribution in [0.15, 0.2) is 24.5 Å². The summed E-state index contributed by atoms with van der Waals surface area (Å²) in [6.45, 7) is 0. The van der Waals surface area contributed by atoms with Crippen LogP contribution in [0, 0.1) is 5.21 Å². The van der Waals surface area contributed by atoms with Gasteiger partial charge in [0.15, 0.2) is 0 Å². The molecular weight excluding hydrogens is 271 g/mol. The van der Waals surface area contributed by atoms with Crippen molar-refractivity contribution >= 4 is 0 Å². The molecule has 0 fully saturated rings. The van der Waals surface area contributed by atoms with E-state index in [0.29, 0.717) is 16.8 Å². The van der Waals surface area contributed by atoms with Crippen LogP contribution in [0.5, 0.6) is 0 Å². The van der Waals surface area contributed by atoms with Gasteiger partial charge >= 0.3 is 12.0 Å². The van der Waals surface area contributed by atoms with Crippen molar-refractivity contribution in [3.05, 3.63) is 46.7 Å². The molecule has 0 N–H and O–H groups in total. The first-order valence-corrected chi connectivity index (χ1v) is 6.11. The van der Waals surface area contributed by atoms with Crippen molar-refractivity contribution in [2.24, 2.45) is 0 Å². The number of rotatable bonds is 1. The van der Waals surface area contributed by atoms with Gasteiger partial charge in [0.2, 0.25) is 0 Å². The molecule has 0 aromatic carbocycles. The average molecular weight is 281 g/mol. The lowest BCUT2D eigenvalue weighted by atomic mass is 10.2. The van der Waals surface area contributed by atoms with E-state index in [9.17, 15) is 18.4 Å². The predicted molar refractivity (Wildman–Crippen MR) is 63.5 cm³/mol. The second-order valence-electron chi connectivity index (χ2n) is 4.63. The van der Waals surface area contributed by atoms with Crippen LogP contribution in [0.1, 0.15) is 23.4 Å². The van der Waals surface area contributed by atoms with Crippen molar-refractivity contribution in [2.45, 2.75) is 25.4 Å². The van der Waals surface area contributed by atoms with E-state index in [1.54, 1.807) is 6.20 Å². The summed E-state index contributed by atoms with van der Waals surface area (Å²) in [6.07, 6.45) is 0.348. The summed E-state index contributed by atoms with van der Waals surface area (Å²) in [5.74, 6) is -0.0152. The first kappa shape index (κ1) is 12.8. The van der Waals surface area contributed by atoms with Crippen molar-refractivity contribution in [3.8, 4) is 11.4 Å². The zero-order chi connectivity index (χ0) is 14.3. The maximum atomic E-state index is 12.6. The molecule has 0 amide bonds. The third-order valence-electron chi connectivity index (χ3n) is 3.32. The predicted octanol–water partition coefficient (Wildman–Crippen LogP) is 2.28. The third kappa shape index (κ3) is 2.09. The second kappa shape index (κ2) is 4.43. The molecule has 1 aliphatic rings. The number of aryl methyl sites for hydroxylation is 1. The maximum Gasteiger partial charge on any atom is 0.433 e. The molecule has 2 aromatic rings. The second-order valence-corrected chi connectivity index (χ2v) is 4.63. The largest absolute Gasteiger partial charge is 0.710 e. The number of pyridine rings is 1. The highest BCUT2D eigenvalue weighted by atomic mass is 19.4. The minimum atomic E-state index is -4.54. The van der Waals surface area contributed by atoms with Gasteiger partial charge in [-0.05, 0) is 30.0 Å². The van der Waals surface area contributed by atoms with Crippen molar-refractivity contribution in [1.82, 2.24) is 9.97 Å². The van der Waals surface area contributed by atoms with E-state index in [-0.39, 0.29) is 11.4 Å². The molecule has 2 aromatic heterocycles. The summed E-state index contributed by atoms with van der Waals surface area (Å²) in [5, 5.41) is 12.2. The number of fused-ring (bicyclic) bond motifs is 1. The van der Waals surface area contributed by atoms with Gasteiger partial charge in [-0.3, -0.25) is 4.98 Å². The molecule has 3 rings (SSSR count). The Hall–Kier alpha value is -2.18. The van der Waals surface area contributed by atoms with Crippen LogP contribution in [0.2, 0.25) is 0 Å². The number of halogens is 3. The van der Waals surface area contributed by atoms with Crippen LogP contribution in [0.3, 0.4) is 0 Å². The van der Waals surface area contributed by atoms with Crippen molar-refractivity contribution < 1.29 is 17.9 Å². The fourth-order valence-electron chi connectivity index (χ4n) is 2.36. The normalized spacial score (nSPS) is 14.3. The Morgan fingerprint density at radius 2 is 2.00 bits per heavy atom. The van der Waals surface area contributed by atoms with Gasteiger partial charge in [-0.1, -0.05) is 0 Å². The molecule has 7 heteroatoms. The van der Waals surface area contributed by atoms with Crippen LogP contribution < -0.4 is 4.73 Å². The van der Waals surface area contributed by atoms with Gasteiger partial charge < -0.3 is 5.21 Å². The van der Waals surface area contributed by atoms with Crippen molar-refractivity contribution in [2.75, 3.05) is 0 Å². The number of nitrogens with zero attached hydrogens (tertiary/aromatic N) is 3. The number of alkyl halides is 3. The Bertz CT molecular complexity index is 670. The molecule has 0 atom stereocenters. The minimum Gasteiger partial charge on any atom is -0.710 e. The monoisotopic (exact) mass is 281 g/mol. The van der Waals surface area contributed by atoms with Crippen LogP contribution >= 0.6 is 0 Å². The topological polar surface area (TPSA) is 52.7 Å². The van der Waals surface area contributed by atoms with Crippen LogP contribution in [-0.2, 0) is 19.0 Å². The van der Waals surface area contributed by atoms with Gasteiger partial charge in [0.25, 0.3) is 0 Å². The van der Waals surface area contributed by atoms with Gasteiger partial charge in [-0.15, -0.1) is 0 Å². The fraction of sp³-hybridized carbons (Fsp3) is 0.308. The molecule has 1 aliphatic carbocycles.